The summed E-state index contributed by atoms with van der Waals surface area (Å²) in [7, 11) is 0. The van der Waals surface area contributed by atoms with Crippen LogP contribution in [0.25, 0.3) is 11.3 Å². The number of hydrogen-bond acceptors (Lipinski definition) is 5. The van der Waals surface area contributed by atoms with Gasteiger partial charge in [0.05, 0.1) is 5.69 Å². The maximum atomic E-state index is 12.3. The fourth-order valence-corrected chi connectivity index (χ4v) is 2.87. The number of nitrogens with zero attached hydrogens (tertiary/aromatic N) is 1. The van der Waals surface area contributed by atoms with Crippen LogP contribution >= 0.6 is 11.3 Å². The zero-order chi connectivity index (χ0) is 17.4. The van der Waals surface area contributed by atoms with E-state index in [1.165, 1.54) is 11.3 Å². The predicted molar refractivity (Wildman–Crippen MR) is 92.1 cm³/mol. The lowest BCUT2D eigenvalue weighted by Gasteiger charge is -2.15. The van der Waals surface area contributed by atoms with Gasteiger partial charge in [0.1, 0.15) is 6.04 Å². The molecule has 0 saturated carbocycles. The minimum Gasteiger partial charge on any atom is -0.465 e. The summed E-state index contributed by atoms with van der Waals surface area (Å²) in [6, 6.07) is 8.68. The number of benzene rings is 1. The van der Waals surface area contributed by atoms with Gasteiger partial charge in [-0.3, -0.25) is 4.79 Å². The van der Waals surface area contributed by atoms with Crippen LogP contribution in [-0.2, 0) is 4.79 Å². The number of thiazole rings is 1. The van der Waals surface area contributed by atoms with Crippen molar-refractivity contribution in [3.63, 3.8) is 0 Å². The summed E-state index contributed by atoms with van der Waals surface area (Å²) in [4.78, 5) is 27.4. The molecule has 2 amide bonds. The highest BCUT2D eigenvalue weighted by molar-refractivity contribution is 7.14. The molecule has 1 heterocycles. The van der Waals surface area contributed by atoms with Gasteiger partial charge in [0, 0.05) is 17.6 Å². The average Bonchev–Trinajstić information content (AvgIpc) is 3.03. The molecule has 0 saturated heterocycles. The third kappa shape index (κ3) is 5.32. The van der Waals surface area contributed by atoms with Crippen molar-refractivity contribution in [2.24, 2.45) is 0 Å². The monoisotopic (exact) mass is 349 g/mol. The van der Waals surface area contributed by atoms with Crippen LogP contribution in [0.4, 0.5) is 9.93 Å². The topological polar surface area (TPSA) is 112 Å². The summed E-state index contributed by atoms with van der Waals surface area (Å²) in [6.07, 6.45) is 0.112. The Bertz CT molecular complexity index is 675. The first-order valence-corrected chi connectivity index (χ1v) is 8.40. The maximum Gasteiger partial charge on any atom is 0.405 e. The van der Waals surface area contributed by atoms with Gasteiger partial charge in [-0.05, 0) is 19.3 Å². The first-order chi connectivity index (χ1) is 11.6. The van der Waals surface area contributed by atoms with Gasteiger partial charge in [-0.1, -0.05) is 30.3 Å². The first-order valence-electron chi connectivity index (χ1n) is 7.52. The zero-order valence-electron chi connectivity index (χ0n) is 12.9. The van der Waals surface area contributed by atoms with Crippen molar-refractivity contribution in [3.8, 4) is 11.3 Å². The Balaban J connectivity index is 2.00. The van der Waals surface area contributed by atoms with Gasteiger partial charge in [0.25, 0.3) is 0 Å². The summed E-state index contributed by atoms with van der Waals surface area (Å²) < 4.78 is 0. The number of carbonyl (C=O) groups is 2. The lowest BCUT2D eigenvalue weighted by molar-refractivity contribution is -0.118. The molecule has 1 unspecified atom stereocenters. The van der Waals surface area contributed by atoms with Crippen molar-refractivity contribution >= 4 is 28.5 Å². The van der Waals surface area contributed by atoms with Crippen LogP contribution in [0.2, 0.25) is 0 Å². The molecular weight excluding hydrogens is 330 g/mol. The predicted octanol–water partition coefficient (Wildman–Crippen LogP) is 2.55. The van der Waals surface area contributed by atoms with Crippen molar-refractivity contribution < 1.29 is 19.8 Å². The molecule has 2 aromatic rings. The Morgan fingerprint density at radius 2 is 1.96 bits per heavy atom. The van der Waals surface area contributed by atoms with E-state index in [0.717, 1.165) is 11.3 Å². The third-order valence-corrected chi connectivity index (χ3v) is 4.08. The minimum atomic E-state index is -1.26. The van der Waals surface area contributed by atoms with Gasteiger partial charge < -0.3 is 20.8 Å². The molecule has 0 fully saturated rings. The van der Waals surface area contributed by atoms with Crippen molar-refractivity contribution in [1.82, 2.24) is 10.3 Å². The average molecular weight is 349 g/mol. The van der Waals surface area contributed by atoms with E-state index in [1.807, 2.05) is 35.7 Å². The van der Waals surface area contributed by atoms with E-state index in [1.54, 1.807) is 0 Å². The third-order valence-electron chi connectivity index (χ3n) is 3.32. The summed E-state index contributed by atoms with van der Waals surface area (Å²) in [6.45, 7) is 0.00826. The highest BCUT2D eigenvalue weighted by atomic mass is 32.1. The normalized spacial score (nSPS) is 11.7. The highest BCUT2D eigenvalue weighted by Gasteiger charge is 2.21. The second kappa shape index (κ2) is 8.99. The summed E-state index contributed by atoms with van der Waals surface area (Å²) in [5.41, 5.74) is 1.69. The molecule has 0 aliphatic heterocycles. The molecule has 8 heteroatoms. The molecule has 7 nitrogen and oxygen atoms in total. The SMILES string of the molecule is O=C(O)NC(CCCCO)C(=O)Nc1nc(-c2ccccc2)cs1. The number of hydrogen-bond donors (Lipinski definition) is 4. The number of unbranched alkanes of at least 4 members (excludes halogenated alkanes) is 1. The number of anilines is 1. The fraction of sp³-hybridized carbons (Fsp3) is 0.312. The number of aromatic nitrogens is 1. The van der Waals surface area contributed by atoms with Crippen LogP contribution in [0.15, 0.2) is 35.7 Å². The van der Waals surface area contributed by atoms with Crippen LogP contribution < -0.4 is 10.6 Å². The van der Waals surface area contributed by atoms with Crippen LogP contribution in [-0.4, -0.2) is 39.8 Å². The van der Waals surface area contributed by atoms with Gasteiger partial charge in [-0.25, -0.2) is 9.78 Å². The van der Waals surface area contributed by atoms with Gasteiger partial charge in [-0.2, -0.15) is 0 Å². The molecule has 1 aromatic heterocycles. The number of rotatable bonds is 8. The van der Waals surface area contributed by atoms with Crippen molar-refractivity contribution in [1.29, 1.82) is 0 Å². The Morgan fingerprint density at radius 1 is 1.21 bits per heavy atom. The maximum absolute atomic E-state index is 12.3. The Hall–Kier alpha value is -2.45. The van der Waals surface area contributed by atoms with Crippen LogP contribution in [0.1, 0.15) is 19.3 Å². The van der Waals surface area contributed by atoms with E-state index in [4.69, 9.17) is 10.2 Å². The van der Waals surface area contributed by atoms with E-state index in [2.05, 4.69) is 15.6 Å². The zero-order valence-corrected chi connectivity index (χ0v) is 13.8. The van der Waals surface area contributed by atoms with E-state index in [9.17, 15) is 9.59 Å². The molecule has 128 valence electrons. The Kier molecular flexibility index (Phi) is 6.71. The lowest BCUT2D eigenvalue weighted by atomic mass is 10.1. The van der Waals surface area contributed by atoms with Crippen molar-refractivity contribution in [2.75, 3.05) is 11.9 Å². The van der Waals surface area contributed by atoms with Crippen molar-refractivity contribution in [2.45, 2.75) is 25.3 Å². The first kappa shape index (κ1) is 17.9. The van der Waals surface area contributed by atoms with E-state index in [0.29, 0.717) is 24.4 Å². The molecule has 2 rings (SSSR count). The minimum absolute atomic E-state index is 0.00826. The number of amides is 2. The molecular formula is C16H19N3O4S. The van der Waals surface area contributed by atoms with Crippen LogP contribution in [0.5, 0.6) is 0 Å². The van der Waals surface area contributed by atoms with Gasteiger partial charge in [0.2, 0.25) is 5.91 Å². The Morgan fingerprint density at radius 3 is 2.62 bits per heavy atom. The van der Waals surface area contributed by atoms with Crippen LogP contribution in [0.3, 0.4) is 0 Å². The van der Waals surface area contributed by atoms with Gasteiger partial charge in [-0.15, -0.1) is 11.3 Å². The van der Waals surface area contributed by atoms with E-state index in [-0.39, 0.29) is 6.61 Å². The van der Waals surface area contributed by atoms with Crippen molar-refractivity contribution in [3.05, 3.63) is 35.7 Å². The largest absolute Gasteiger partial charge is 0.465 e. The van der Waals surface area contributed by atoms with E-state index < -0.39 is 18.0 Å². The van der Waals surface area contributed by atoms with Gasteiger partial charge in [0.15, 0.2) is 5.13 Å². The summed E-state index contributed by atoms with van der Waals surface area (Å²) in [5.74, 6) is -0.454. The molecule has 1 aromatic carbocycles. The van der Waals surface area contributed by atoms with E-state index >= 15 is 0 Å². The molecule has 4 N–H and O–H groups in total. The Labute approximate surface area is 143 Å². The molecule has 0 aliphatic carbocycles. The number of nitrogens with one attached hydrogen (secondary N) is 2. The highest BCUT2D eigenvalue weighted by Crippen LogP contribution is 2.24. The molecule has 0 aliphatic rings. The number of carbonyl (C=O) groups excluding carboxylic acids is 1. The van der Waals surface area contributed by atoms with Gasteiger partial charge >= 0.3 is 6.09 Å². The second-order valence-electron chi connectivity index (χ2n) is 5.11. The second-order valence-corrected chi connectivity index (χ2v) is 5.97. The fourth-order valence-electron chi connectivity index (χ4n) is 2.14. The number of carboxylic acid groups (broad SMARTS) is 1. The summed E-state index contributed by atoms with van der Waals surface area (Å²) >= 11 is 1.28. The molecule has 24 heavy (non-hydrogen) atoms. The lowest BCUT2D eigenvalue weighted by Crippen LogP contribution is -2.43. The standard InChI is InChI=1S/C16H19N3O4S/c20-9-5-4-8-12(18-16(22)23)14(21)19-15-17-13(10-24-15)11-6-2-1-3-7-11/h1-3,6-7,10,12,18,20H,4-5,8-9H2,(H,22,23)(H,17,19,21). The number of aliphatic hydroxyl groups is 1. The smallest absolute Gasteiger partial charge is 0.405 e. The molecule has 1 atom stereocenters. The summed E-state index contributed by atoms with van der Waals surface area (Å²) in [5, 5.41) is 24.7. The van der Waals surface area contributed by atoms with Crippen LogP contribution in [0, 0.1) is 0 Å². The molecule has 0 radical (unpaired) electrons. The quantitative estimate of drug-likeness (QED) is 0.547. The number of aliphatic hydroxyl groups excluding tert-OH is 1. The molecule has 0 spiro atoms. The molecule has 0 bridgehead atoms.